The zero-order chi connectivity index (χ0) is 36.1. The van der Waals surface area contributed by atoms with Gasteiger partial charge in [-0.2, -0.15) is 25.2 Å². The molecular formula is C39H48N10O3. The molecule has 3 aliphatic heterocycles. The van der Waals surface area contributed by atoms with Crippen molar-refractivity contribution >= 4 is 34.3 Å². The van der Waals surface area contributed by atoms with E-state index in [9.17, 15) is 0 Å². The lowest BCUT2D eigenvalue weighted by atomic mass is 10.0. The van der Waals surface area contributed by atoms with Crippen LogP contribution in [-0.4, -0.2) is 88.1 Å². The minimum atomic E-state index is -1.04. The van der Waals surface area contributed by atoms with Crippen LogP contribution in [0.15, 0.2) is 103 Å². The number of hydrogen-bond donors (Lipinski definition) is 1. The van der Waals surface area contributed by atoms with Gasteiger partial charge in [-0.1, -0.05) is 33.4 Å². The van der Waals surface area contributed by atoms with Crippen LogP contribution in [0.2, 0.25) is 0 Å². The van der Waals surface area contributed by atoms with Gasteiger partial charge in [0, 0.05) is 54.2 Å². The fourth-order valence-corrected chi connectivity index (χ4v) is 6.76. The molecule has 13 nitrogen and oxygen atoms in total. The highest BCUT2D eigenvalue weighted by Crippen LogP contribution is 2.37. The number of fused-ring (bicyclic) bond motifs is 1. The highest BCUT2D eigenvalue weighted by Gasteiger charge is 2.45. The van der Waals surface area contributed by atoms with E-state index < -0.39 is 5.79 Å². The van der Waals surface area contributed by atoms with Crippen molar-refractivity contribution in [2.75, 3.05) is 54.1 Å². The van der Waals surface area contributed by atoms with Crippen LogP contribution in [0.4, 0.5) is 17.1 Å². The molecule has 0 amide bonds. The van der Waals surface area contributed by atoms with Crippen molar-refractivity contribution in [2.24, 2.45) is 5.10 Å². The Hall–Kier alpha value is -5.40. The SMILES string of the molecule is C=C1N(c2ccc(N3CCN(c4ccc(OCC5COC(Cn6nccn6)(c6ccc7[nH]ncc7c6)O5)cc4)CC3)cc2)C=NN1C(C)CC.CC. The van der Waals surface area contributed by atoms with Crippen LogP contribution in [0.5, 0.6) is 5.75 Å². The minimum Gasteiger partial charge on any atom is -0.491 e. The lowest BCUT2D eigenvalue weighted by molar-refractivity contribution is -0.192. The topological polar surface area (TPSA) is 112 Å². The van der Waals surface area contributed by atoms with Gasteiger partial charge in [0.25, 0.3) is 0 Å². The zero-order valence-electron chi connectivity index (χ0n) is 30.4. The average Bonchev–Trinajstić information content (AvgIpc) is 4.03. The van der Waals surface area contributed by atoms with E-state index in [0.717, 1.165) is 66.3 Å². The van der Waals surface area contributed by atoms with E-state index in [-0.39, 0.29) is 6.10 Å². The van der Waals surface area contributed by atoms with E-state index in [1.807, 2.05) is 60.4 Å². The largest absolute Gasteiger partial charge is 0.491 e. The molecule has 0 bridgehead atoms. The van der Waals surface area contributed by atoms with Crippen LogP contribution in [0.1, 0.15) is 39.7 Å². The maximum absolute atomic E-state index is 6.57. The molecule has 0 saturated carbocycles. The molecule has 5 heterocycles. The fraction of sp³-hybridized carbons (Fsp3) is 0.385. The summed E-state index contributed by atoms with van der Waals surface area (Å²) in [6, 6.07) is 23.3. The second-order valence-corrected chi connectivity index (χ2v) is 12.9. The lowest BCUT2D eigenvalue weighted by Gasteiger charge is -2.37. The van der Waals surface area contributed by atoms with Crippen molar-refractivity contribution in [3.63, 3.8) is 0 Å². The quantitative estimate of drug-likeness (QED) is 0.171. The van der Waals surface area contributed by atoms with Crippen molar-refractivity contribution < 1.29 is 14.2 Å². The summed E-state index contributed by atoms with van der Waals surface area (Å²) in [4.78, 5) is 8.49. The first kappa shape index (κ1) is 35.0. The van der Waals surface area contributed by atoms with Crippen LogP contribution in [0, 0.1) is 0 Å². The van der Waals surface area contributed by atoms with E-state index in [0.29, 0.717) is 25.8 Å². The maximum Gasteiger partial charge on any atom is 0.217 e. The molecule has 3 unspecified atom stereocenters. The van der Waals surface area contributed by atoms with Gasteiger partial charge in [-0.05, 0) is 74.0 Å². The van der Waals surface area contributed by atoms with Crippen molar-refractivity contribution in [3.05, 3.63) is 103 Å². The van der Waals surface area contributed by atoms with Crippen LogP contribution < -0.4 is 19.4 Å². The van der Waals surface area contributed by atoms with Crippen molar-refractivity contribution in [1.82, 2.24) is 30.2 Å². The molecule has 3 aliphatic rings. The highest BCUT2D eigenvalue weighted by atomic mass is 16.8. The highest BCUT2D eigenvalue weighted by molar-refractivity contribution is 5.85. The number of aromatic amines is 1. The van der Waals surface area contributed by atoms with E-state index >= 15 is 0 Å². The van der Waals surface area contributed by atoms with Crippen LogP contribution in [-0.2, 0) is 21.8 Å². The van der Waals surface area contributed by atoms with Gasteiger partial charge in [0.1, 0.15) is 37.2 Å². The number of H-pyrrole nitrogens is 1. The number of piperazine rings is 1. The molecule has 52 heavy (non-hydrogen) atoms. The van der Waals surface area contributed by atoms with Crippen molar-refractivity contribution in [3.8, 4) is 5.75 Å². The monoisotopic (exact) mass is 704 g/mol. The number of aromatic nitrogens is 5. The summed E-state index contributed by atoms with van der Waals surface area (Å²) >= 11 is 0. The Morgan fingerprint density at radius 1 is 0.923 bits per heavy atom. The number of nitrogens with zero attached hydrogens (tertiary/aromatic N) is 9. The Morgan fingerprint density at radius 2 is 1.58 bits per heavy atom. The van der Waals surface area contributed by atoms with Crippen LogP contribution in [0.25, 0.3) is 10.9 Å². The standard InChI is InChI=1S/C37H42N10O3.C2H6/c1-4-27(2)47-28(3)45(26-41-47)33-8-6-31(7-9-33)43-17-19-44(20-18-43)32-10-12-34(13-11-32)48-23-35-24-49-37(50-35,25-46-39-15-16-40-46)30-5-14-36-29(21-30)22-38-42-36;1-2/h5-16,21-22,26-27,35H,3-4,17-20,23-25H2,1-2H3,(H,38,42);1-2H3. The third-order valence-electron chi connectivity index (χ3n) is 9.81. The Kier molecular flexibility index (Phi) is 10.4. The molecule has 3 aromatic carbocycles. The smallest absolute Gasteiger partial charge is 0.217 e. The molecule has 0 radical (unpaired) electrons. The number of rotatable bonds is 11. The Balaban J connectivity index is 0.00000207. The van der Waals surface area contributed by atoms with E-state index in [2.05, 4.69) is 92.1 Å². The third-order valence-corrected chi connectivity index (χ3v) is 9.81. The van der Waals surface area contributed by atoms with E-state index in [1.165, 1.54) is 11.4 Å². The van der Waals surface area contributed by atoms with Crippen molar-refractivity contribution in [2.45, 2.75) is 58.6 Å². The summed E-state index contributed by atoms with van der Waals surface area (Å²) in [7, 11) is 0. The average molecular weight is 705 g/mol. The first-order valence-corrected chi connectivity index (χ1v) is 18.2. The second kappa shape index (κ2) is 15.5. The van der Waals surface area contributed by atoms with E-state index in [1.54, 1.807) is 23.4 Å². The number of nitrogens with one attached hydrogen (secondary N) is 1. The summed E-state index contributed by atoms with van der Waals surface area (Å²) in [5.74, 6) is 0.637. The van der Waals surface area contributed by atoms with Gasteiger partial charge >= 0.3 is 0 Å². The fourth-order valence-electron chi connectivity index (χ4n) is 6.76. The summed E-state index contributed by atoms with van der Waals surface area (Å²) in [6.07, 6.45) is 7.69. The molecule has 13 heteroatoms. The van der Waals surface area contributed by atoms with Crippen LogP contribution >= 0.6 is 0 Å². The number of anilines is 3. The molecule has 272 valence electrons. The lowest BCUT2D eigenvalue weighted by Crippen LogP contribution is -2.46. The molecule has 3 atom stereocenters. The number of benzene rings is 3. The number of hydrazone groups is 1. The second-order valence-electron chi connectivity index (χ2n) is 12.9. The van der Waals surface area contributed by atoms with Gasteiger partial charge in [-0.15, -0.1) is 0 Å². The van der Waals surface area contributed by atoms with Gasteiger partial charge in [0.2, 0.25) is 5.79 Å². The molecule has 2 fully saturated rings. The molecule has 2 saturated heterocycles. The molecule has 0 spiro atoms. The maximum atomic E-state index is 6.57. The molecule has 2 aromatic heterocycles. The van der Waals surface area contributed by atoms with Gasteiger partial charge in [0.15, 0.2) is 0 Å². The molecular weight excluding hydrogens is 656 g/mol. The van der Waals surface area contributed by atoms with Gasteiger partial charge < -0.3 is 24.0 Å². The Labute approximate surface area is 305 Å². The van der Waals surface area contributed by atoms with E-state index in [4.69, 9.17) is 14.2 Å². The Morgan fingerprint density at radius 3 is 2.25 bits per heavy atom. The molecule has 0 aliphatic carbocycles. The summed E-state index contributed by atoms with van der Waals surface area (Å²) in [6.45, 7) is 17.4. The molecule has 1 N–H and O–H groups in total. The summed E-state index contributed by atoms with van der Waals surface area (Å²) in [5, 5.41) is 23.3. The normalized spacial score (nSPS) is 20.8. The minimum absolute atomic E-state index is 0.269. The zero-order valence-corrected chi connectivity index (χ0v) is 30.4. The van der Waals surface area contributed by atoms with Gasteiger partial charge in [0.05, 0.1) is 36.8 Å². The Bertz CT molecular complexity index is 1940. The number of ether oxygens (including phenoxy) is 3. The predicted molar refractivity (Wildman–Crippen MR) is 204 cm³/mol. The molecule has 5 aromatic rings. The predicted octanol–water partition coefficient (Wildman–Crippen LogP) is 6.19. The van der Waals surface area contributed by atoms with Gasteiger partial charge in [-0.3, -0.25) is 10.00 Å². The first-order valence-electron chi connectivity index (χ1n) is 18.2. The first-order chi connectivity index (χ1) is 25.5. The number of hydrogen-bond acceptors (Lipinski definition) is 11. The summed E-state index contributed by atoms with van der Waals surface area (Å²) in [5.41, 5.74) is 5.31. The van der Waals surface area contributed by atoms with Gasteiger partial charge in [-0.25, -0.2) is 5.01 Å². The third kappa shape index (κ3) is 7.19. The summed E-state index contributed by atoms with van der Waals surface area (Å²) < 4.78 is 19.1. The van der Waals surface area contributed by atoms with Crippen LogP contribution in [0.3, 0.4) is 0 Å². The van der Waals surface area contributed by atoms with Crippen molar-refractivity contribution in [1.29, 1.82) is 0 Å². The molecule has 8 rings (SSSR count).